The molecular formula is C14H16BrN3. The van der Waals surface area contributed by atoms with Gasteiger partial charge < -0.3 is 4.90 Å². The maximum Gasteiger partial charge on any atom is 0.0950 e. The number of piperidine rings is 1. The van der Waals surface area contributed by atoms with Gasteiger partial charge in [-0.15, -0.1) is 0 Å². The van der Waals surface area contributed by atoms with Crippen LogP contribution < -0.4 is 4.90 Å². The molecule has 2 atom stereocenters. The van der Waals surface area contributed by atoms with E-state index in [9.17, 15) is 0 Å². The van der Waals surface area contributed by atoms with Gasteiger partial charge in [-0.1, -0.05) is 41.1 Å². The normalized spacial score (nSPS) is 24.4. The second kappa shape index (κ2) is 4.84. The Balaban J connectivity index is 1.99. The molecule has 1 aromatic heterocycles. The summed E-state index contributed by atoms with van der Waals surface area (Å²) in [6, 6.07) is 8.21. The average Bonchev–Trinajstić information content (AvgIpc) is 2.41. The van der Waals surface area contributed by atoms with Gasteiger partial charge in [0.25, 0.3) is 0 Å². The minimum absolute atomic E-state index is 0.554. The molecule has 0 aliphatic carbocycles. The zero-order valence-electron chi connectivity index (χ0n) is 10.4. The summed E-state index contributed by atoms with van der Waals surface area (Å²) in [5.41, 5.74) is 2.18. The highest BCUT2D eigenvalue weighted by Crippen LogP contribution is 2.30. The fourth-order valence-corrected chi connectivity index (χ4v) is 3.10. The van der Waals surface area contributed by atoms with Gasteiger partial charge in [-0.2, -0.15) is 10.2 Å². The Labute approximate surface area is 115 Å². The summed E-state index contributed by atoms with van der Waals surface area (Å²) >= 11 is 3.78. The lowest BCUT2D eigenvalue weighted by atomic mass is 9.98. The third-order valence-corrected chi connectivity index (χ3v) is 4.92. The summed E-state index contributed by atoms with van der Waals surface area (Å²) in [5.74, 6) is 0.738. The van der Waals surface area contributed by atoms with E-state index in [1.54, 1.807) is 0 Å². The first-order chi connectivity index (χ1) is 8.75. The number of benzene rings is 1. The van der Waals surface area contributed by atoms with E-state index >= 15 is 0 Å². The van der Waals surface area contributed by atoms with Gasteiger partial charge in [-0.3, -0.25) is 0 Å². The van der Waals surface area contributed by atoms with Crippen molar-refractivity contribution >= 4 is 32.5 Å². The molecule has 0 N–H and O–H groups in total. The third kappa shape index (κ3) is 2.09. The van der Waals surface area contributed by atoms with Crippen LogP contribution in [0.4, 0.5) is 5.69 Å². The predicted octanol–water partition coefficient (Wildman–Crippen LogP) is 3.24. The molecule has 3 nitrogen and oxygen atoms in total. The van der Waals surface area contributed by atoms with Gasteiger partial charge in [0.1, 0.15) is 0 Å². The maximum absolute atomic E-state index is 4.18. The number of halogens is 1. The molecular weight excluding hydrogens is 290 g/mol. The Morgan fingerprint density at radius 1 is 1.33 bits per heavy atom. The van der Waals surface area contributed by atoms with Crippen molar-refractivity contribution in [2.24, 2.45) is 5.92 Å². The highest BCUT2D eigenvalue weighted by atomic mass is 79.9. The Kier molecular flexibility index (Phi) is 3.20. The van der Waals surface area contributed by atoms with Crippen LogP contribution in [0.15, 0.2) is 30.5 Å². The Morgan fingerprint density at radius 2 is 2.17 bits per heavy atom. The van der Waals surface area contributed by atoms with Crippen LogP contribution in [0.3, 0.4) is 0 Å². The molecule has 1 aliphatic heterocycles. The largest absolute Gasteiger partial charge is 0.369 e. The molecule has 4 heteroatoms. The Bertz CT molecular complexity index is 552. The topological polar surface area (TPSA) is 29.0 Å². The highest BCUT2D eigenvalue weighted by molar-refractivity contribution is 9.09. The zero-order valence-corrected chi connectivity index (χ0v) is 12.0. The second-order valence-electron chi connectivity index (χ2n) is 4.97. The van der Waals surface area contributed by atoms with Crippen molar-refractivity contribution < 1.29 is 0 Å². The molecule has 3 rings (SSSR count). The van der Waals surface area contributed by atoms with Crippen LogP contribution in [-0.2, 0) is 0 Å². The van der Waals surface area contributed by atoms with E-state index in [2.05, 4.69) is 50.1 Å². The first-order valence-electron chi connectivity index (χ1n) is 6.35. The predicted molar refractivity (Wildman–Crippen MR) is 78.2 cm³/mol. The first kappa shape index (κ1) is 11.9. The van der Waals surface area contributed by atoms with E-state index in [4.69, 9.17) is 0 Å². The van der Waals surface area contributed by atoms with Crippen molar-refractivity contribution in [1.29, 1.82) is 0 Å². The van der Waals surface area contributed by atoms with Crippen LogP contribution in [-0.4, -0.2) is 28.1 Å². The van der Waals surface area contributed by atoms with Crippen LogP contribution in [0.1, 0.15) is 13.3 Å². The van der Waals surface area contributed by atoms with Crippen molar-refractivity contribution in [2.75, 3.05) is 18.0 Å². The number of nitrogens with zero attached hydrogens (tertiary/aromatic N) is 3. The molecule has 0 amide bonds. The van der Waals surface area contributed by atoms with Gasteiger partial charge in [0.2, 0.25) is 0 Å². The Hall–Kier alpha value is -1.16. The lowest BCUT2D eigenvalue weighted by Crippen LogP contribution is -2.40. The number of fused-ring (bicyclic) bond motifs is 1. The summed E-state index contributed by atoms with van der Waals surface area (Å²) in [5, 5.41) is 9.50. The second-order valence-corrected chi connectivity index (χ2v) is 6.15. The number of hydrogen-bond donors (Lipinski definition) is 0. The van der Waals surface area contributed by atoms with E-state index in [1.165, 1.54) is 17.5 Å². The summed E-state index contributed by atoms with van der Waals surface area (Å²) in [6.45, 7) is 4.44. The summed E-state index contributed by atoms with van der Waals surface area (Å²) in [7, 11) is 0. The lowest BCUT2D eigenvalue weighted by Gasteiger charge is -2.36. The van der Waals surface area contributed by atoms with Crippen LogP contribution >= 0.6 is 15.9 Å². The quantitative estimate of drug-likeness (QED) is 0.757. The molecule has 94 valence electrons. The number of anilines is 1. The fourth-order valence-electron chi connectivity index (χ4n) is 2.49. The molecule has 0 bridgehead atoms. The highest BCUT2D eigenvalue weighted by Gasteiger charge is 2.25. The van der Waals surface area contributed by atoms with Crippen molar-refractivity contribution in [3.05, 3.63) is 30.5 Å². The molecule has 0 spiro atoms. The summed E-state index contributed by atoms with van der Waals surface area (Å²) < 4.78 is 0. The first-order valence-corrected chi connectivity index (χ1v) is 7.26. The van der Waals surface area contributed by atoms with Crippen LogP contribution in [0.2, 0.25) is 0 Å². The molecule has 0 radical (unpaired) electrons. The minimum Gasteiger partial charge on any atom is -0.369 e. The molecule has 2 aromatic rings. The van der Waals surface area contributed by atoms with Gasteiger partial charge >= 0.3 is 0 Å². The molecule has 1 aliphatic rings. The summed E-state index contributed by atoms with van der Waals surface area (Å²) in [4.78, 5) is 2.97. The summed E-state index contributed by atoms with van der Waals surface area (Å²) in [6.07, 6.45) is 3.10. The van der Waals surface area contributed by atoms with Gasteiger partial charge in [0.15, 0.2) is 0 Å². The fraction of sp³-hybridized carbons (Fsp3) is 0.429. The number of aromatic nitrogens is 2. The van der Waals surface area contributed by atoms with E-state index in [0.717, 1.165) is 24.5 Å². The van der Waals surface area contributed by atoms with Gasteiger partial charge in [0.05, 0.1) is 17.4 Å². The molecule has 18 heavy (non-hydrogen) atoms. The maximum atomic E-state index is 4.18. The third-order valence-electron chi connectivity index (χ3n) is 3.73. The van der Waals surface area contributed by atoms with Crippen LogP contribution in [0.25, 0.3) is 10.9 Å². The smallest absolute Gasteiger partial charge is 0.0950 e. The molecule has 1 saturated heterocycles. The monoisotopic (exact) mass is 305 g/mol. The minimum atomic E-state index is 0.554. The van der Waals surface area contributed by atoms with Gasteiger partial charge in [0, 0.05) is 23.3 Å². The van der Waals surface area contributed by atoms with E-state index in [-0.39, 0.29) is 0 Å². The van der Waals surface area contributed by atoms with Crippen molar-refractivity contribution in [2.45, 2.75) is 18.2 Å². The lowest BCUT2D eigenvalue weighted by molar-refractivity contribution is 0.456. The molecule has 1 aromatic carbocycles. The van der Waals surface area contributed by atoms with Crippen molar-refractivity contribution in [3.63, 3.8) is 0 Å². The number of hydrogen-bond acceptors (Lipinski definition) is 3. The average molecular weight is 306 g/mol. The zero-order chi connectivity index (χ0) is 12.5. The number of rotatable bonds is 1. The van der Waals surface area contributed by atoms with Crippen LogP contribution in [0, 0.1) is 5.92 Å². The van der Waals surface area contributed by atoms with Gasteiger partial charge in [-0.25, -0.2) is 0 Å². The molecule has 1 fully saturated rings. The van der Waals surface area contributed by atoms with E-state index in [0.29, 0.717) is 4.83 Å². The SMILES string of the molecule is CC1CCN(c2cnnc3ccccc23)CC1Br. The molecule has 2 heterocycles. The molecule has 0 saturated carbocycles. The van der Waals surface area contributed by atoms with Gasteiger partial charge in [-0.05, 0) is 18.4 Å². The number of alkyl halides is 1. The van der Waals surface area contributed by atoms with Crippen molar-refractivity contribution in [1.82, 2.24) is 10.2 Å². The Morgan fingerprint density at radius 3 is 3.00 bits per heavy atom. The van der Waals surface area contributed by atoms with Crippen molar-refractivity contribution in [3.8, 4) is 0 Å². The van der Waals surface area contributed by atoms with E-state index in [1.807, 2.05) is 18.3 Å². The standard InChI is InChI=1S/C14H16BrN3/c1-10-6-7-18(9-12(10)15)14-8-16-17-13-5-3-2-4-11(13)14/h2-5,8,10,12H,6-7,9H2,1H3. The van der Waals surface area contributed by atoms with E-state index < -0.39 is 0 Å². The van der Waals surface area contributed by atoms with Crippen LogP contribution in [0.5, 0.6) is 0 Å². The molecule has 2 unspecified atom stereocenters.